The molecule has 3 aromatic carbocycles. The summed E-state index contributed by atoms with van der Waals surface area (Å²) in [6.45, 7) is 4.49. The summed E-state index contributed by atoms with van der Waals surface area (Å²) in [6.07, 6.45) is 1.21. The van der Waals surface area contributed by atoms with E-state index in [0.717, 1.165) is 43.2 Å². The van der Waals surface area contributed by atoms with Crippen LogP contribution in [0.5, 0.6) is 23.1 Å². The van der Waals surface area contributed by atoms with Gasteiger partial charge in [-0.05, 0) is 55.0 Å². The summed E-state index contributed by atoms with van der Waals surface area (Å²) in [6, 6.07) is 18.0. The number of carbonyl (C=O) groups is 2. The number of phenolic OH excluding ortho intramolecular Hbond substituents is 1. The highest BCUT2D eigenvalue weighted by Gasteiger charge is 2.28. The van der Waals surface area contributed by atoms with Gasteiger partial charge in [0.05, 0.1) is 19.0 Å². The molecule has 1 fully saturated rings. The molecule has 0 unspecified atom stereocenters. The van der Waals surface area contributed by atoms with E-state index in [0.29, 0.717) is 24.5 Å². The number of methoxy groups -OCH3 is 1. The van der Waals surface area contributed by atoms with Crippen molar-refractivity contribution < 1.29 is 37.3 Å². The monoisotopic (exact) mass is 739 g/mol. The number of carbonyl (C=O) groups excluding carboxylic acids is 2. The second-order valence-electron chi connectivity index (χ2n) is 11.5. The normalized spacial score (nSPS) is 13.2. The van der Waals surface area contributed by atoms with Crippen LogP contribution < -0.4 is 14.8 Å². The van der Waals surface area contributed by atoms with Crippen LogP contribution in [0.2, 0.25) is 0 Å². The molecule has 1 aliphatic rings. The molecule has 256 valence electrons. The minimum Gasteiger partial charge on any atom is -0.504 e. The lowest BCUT2D eigenvalue weighted by molar-refractivity contribution is 0.0619. The molecule has 1 aliphatic heterocycles. The summed E-state index contributed by atoms with van der Waals surface area (Å²) >= 11 is 0. The largest absolute Gasteiger partial charge is 0.504 e. The molecule has 0 bridgehead atoms. The van der Waals surface area contributed by atoms with Crippen LogP contribution in [0.15, 0.2) is 66.9 Å². The zero-order valence-electron chi connectivity index (χ0n) is 26.8. The third kappa shape index (κ3) is 7.20. The number of fused-ring (bicyclic) bond motifs is 1. The molecule has 0 radical (unpaired) electrons. The number of ether oxygens (including phenoxy) is 2. The van der Waals surface area contributed by atoms with Gasteiger partial charge in [-0.2, -0.15) is 0 Å². The number of hydrogen-bond donors (Lipinski definition) is 2. The predicted octanol–water partition coefficient (Wildman–Crippen LogP) is 6.59. The van der Waals surface area contributed by atoms with Crippen LogP contribution in [0.1, 0.15) is 32.0 Å². The summed E-state index contributed by atoms with van der Waals surface area (Å²) in [5, 5.41) is 12.9. The molecule has 0 atom stereocenters. The van der Waals surface area contributed by atoms with Gasteiger partial charge in [0.25, 0.3) is 11.8 Å². The van der Waals surface area contributed by atoms with Gasteiger partial charge >= 0.3 is 0 Å². The minimum absolute atomic E-state index is 0. The molecule has 3 heterocycles. The van der Waals surface area contributed by atoms with E-state index >= 15 is 0 Å². The smallest absolute Gasteiger partial charge is 0.270 e. The lowest BCUT2D eigenvalue weighted by Crippen LogP contribution is -2.48. The van der Waals surface area contributed by atoms with Crippen LogP contribution in [-0.2, 0) is 13.6 Å². The number of phenols is 1. The number of amides is 2. The zero-order valence-corrected chi connectivity index (χ0v) is 28.5. The third-order valence-corrected chi connectivity index (χ3v) is 8.42. The maximum atomic E-state index is 14.3. The number of nitrogens with zero attached hydrogens (tertiary/aromatic N) is 4. The maximum absolute atomic E-state index is 14.3. The Kier molecular flexibility index (Phi) is 10.5. The van der Waals surface area contributed by atoms with Crippen LogP contribution in [-0.4, -0.2) is 69.6 Å². The Morgan fingerprint density at radius 1 is 0.918 bits per heavy atom. The Hall–Kier alpha value is -5.08. The highest BCUT2D eigenvalue weighted by Crippen LogP contribution is 2.31. The van der Waals surface area contributed by atoms with Crippen LogP contribution >= 0.6 is 17.0 Å². The number of anilines is 1. The Morgan fingerprint density at radius 2 is 1.61 bits per heavy atom. The van der Waals surface area contributed by atoms with Crippen molar-refractivity contribution in [3.63, 3.8) is 0 Å². The first kappa shape index (κ1) is 35.2. The summed E-state index contributed by atoms with van der Waals surface area (Å²) in [5.41, 5.74) is 0.755. The van der Waals surface area contributed by atoms with Gasteiger partial charge in [-0.1, -0.05) is 12.1 Å². The molecule has 5 aromatic rings. The van der Waals surface area contributed by atoms with Crippen LogP contribution in [0.3, 0.4) is 0 Å². The second-order valence-corrected chi connectivity index (χ2v) is 11.5. The fraction of sp³-hybridized carbons (Fsp3) is 0.229. The number of hydrogen-bond acceptors (Lipinski definition) is 7. The molecular formula is C35H33BrF3N5O5. The Labute approximate surface area is 290 Å². The minimum atomic E-state index is -1.67. The van der Waals surface area contributed by atoms with E-state index in [2.05, 4.69) is 15.2 Å². The number of aryl methyl sites for hydroxylation is 1. The number of pyridine rings is 1. The van der Waals surface area contributed by atoms with Crippen molar-refractivity contribution in [2.24, 2.45) is 7.05 Å². The van der Waals surface area contributed by atoms with Gasteiger partial charge in [-0.3, -0.25) is 14.5 Å². The summed E-state index contributed by atoms with van der Waals surface area (Å²) in [7, 11) is 3.49. The molecular weight excluding hydrogens is 707 g/mol. The summed E-state index contributed by atoms with van der Waals surface area (Å²) in [5.74, 6) is -5.83. The highest BCUT2D eigenvalue weighted by molar-refractivity contribution is 8.93. The van der Waals surface area contributed by atoms with Crippen LogP contribution in [0.25, 0.3) is 10.9 Å². The molecule has 10 nitrogen and oxygen atoms in total. The number of benzene rings is 3. The fourth-order valence-corrected chi connectivity index (χ4v) is 5.65. The molecule has 2 amide bonds. The first-order valence-corrected chi connectivity index (χ1v) is 15.1. The molecule has 2 aromatic heterocycles. The molecule has 49 heavy (non-hydrogen) atoms. The maximum Gasteiger partial charge on any atom is 0.270 e. The third-order valence-electron chi connectivity index (χ3n) is 8.42. The van der Waals surface area contributed by atoms with Gasteiger partial charge in [-0.15, -0.1) is 17.0 Å². The number of halogens is 4. The van der Waals surface area contributed by atoms with E-state index < -0.39 is 40.2 Å². The van der Waals surface area contributed by atoms with Crippen molar-refractivity contribution in [3.05, 3.63) is 107 Å². The predicted molar refractivity (Wildman–Crippen MR) is 182 cm³/mol. The molecule has 2 N–H and O–H groups in total. The molecule has 0 saturated carbocycles. The van der Waals surface area contributed by atoms with E-state index in [4.69, 9.17) is 9.47 Å². The van der Waals surface area contributed by atoms with Crippen LogP contribution in [0.4, 0.5) is 18.9 Å². The highest BCUT2D eigenvalue weighted by atomic mass is 79.9. The first-order valence-electron chi connectivity index (χ1n) is 15.1. The van der Waals surface area contributed by atoms with Crippen molar-refractivity contribution >= 4 is 45.4 Å². The van der Waals surface area contributed by atoms with Crippen molar-refractivity contribution in [3.8, 4) is 23.1 Å². The van der Waals surface area contributed by atoms with Crippen molar-refractivity contribution in [2.45, 2.75) is 13.5 Å². The summed E-state index contributed by atoms with van der Waals surface area (Å²) < 4.78 is 55.3. The number of nitrogens with one attached hydrogen (secondary N) is 1. The SMILES string of the molecule is Br.COc1ccc(CN2CCN(C(=O)c3cc4cc(Oc5ccc(NC(=O)c6c(O)c(F)c(C)c(F)c6F)cn5)ccc4n3C)CC2)cc1. The van der Waals surface area contributed by atoms with Crippen molar-refractivity contribution in [1.82, 2.24) is 19.4 Å². The first-order chi connectivity index (χ1) is 23.0. The van der Waals surface area contributed by atoms with E-state index in [1.54, 1.807) is 19.2 Å². The molecule has 0 aliphatic carbocycles. The number of aromatic nitrogens is 2. The van der Waals surface area contributed by atoms with Gasteiger partial charge in [0.1, 0.15) is 22.8 Å². The van der Waals surface area contributed by atoms with E-state index in [9.17, 15) is 27.9 Å². The molecule has 1 saturated heterocycles. The van der Waals surface area contributed by atoms with Crippen LogP contribution in [0, 0.1) is 24.4 Å². The quantitative estimate of drug-likeness (QED) is 0.173. The van der Waals surface area contributed by atoms with E-state index in [1.807, 2.05) is 52.9 Å². The second kappa shape index (κ2) is 14.6. The lowest BCUT2D eigenvalue weighted by Gasteiger charge is -2.34. The molecule has 14 heteroatoms. The lowest BCUT2D eigenvalue weighted by atomic mass is 10.1. The average Bonchev–Trinajstić information content (AvgIpc) is 3.43. The van der Waals surface area contributed by atoms with Gasteiger partial charge in [0.15, 0.2) is 23.2 Å². The zero-order chi connectivity index (χ0) is 34.1. The fourth-order valence-electron chi connectivity index (χ4n) is 5.65. The molecule has 0 spiro atoms. The Bertz CT molecular complexity index is 1980. The van der Waals surface area contributed by atoms with Gasteiger partial charge in [0, 0.05) is 62.3 Å². The number of rotatable bonds is 8. The molecule has 6 rings (SSSR count). The number of piperazine rings is 1. The van der Waals surface area contributed by atoms with Crippen molar-refractivity contribution in [2.75, 3.05) is 38.6 Å². The van der Waals surface area contributed by atoms with Crippen molar-refractivity contribution in [1.29, 1.82) is 0 Å². The van der Waals surface area contributed by atoms with Gasteiger partial charge in [0.2, 0.25) is 5.88 Å². The van der Waals surface area contributed by atoms with Gasteiger partial charge < -0.3 is 29.4 Å². The average molecular weight is 741 g/mol. The topological polar surface area (TPSA) is 109 Å². The van der Waals surface area contributed by atoms with Gasteiger partial charge in [-0.25, -0.2) is 18.2 Å². The number of aromatic hydroxyl groups is 1. The Morgan fingerprint density at radius 3 is 2.27 bits per heavy atom. The standard InChI is InChI=1S/C35H32F3N5O5.BrH/c1-20-30(36)32(38)29(33(44)31(20)37)34(45)40-23-6-11-28(39-18-23)48-25-9-10-26-22(16-25)17-27(41(26)2)35(46)43-14-12-42(13-15-43)19-21-4-7-24(47-3)8-5-21;/h4-11,16-18,44H,12-15,19H2,1-3H3,(H,40,45);1H. The van der Waals surface area contributed by atoms with E-state index in [1.165, 1.54) is 23.9 Å². The van der Waals surface area contributed by atoms with E-state index in [-0.39, 0.29) is 34.5 Å². The Balaban J connectivity index is 0.00000468. The summed E-state index contributed by atoms with van der Waals surface area (Å²) in [4.78, 5) is 34.3.